The molecule has 0 aliphatic carbocycles. The second-order valence-electron chi connectivity index (χ2n) is 4.08. The van der Waals surface area contributed by atoms with E-state index in [2.05, 4.69) is 25.4 Å². The standard InChI is InChI=1S/C13H11FN6/c1-2-10-11(14)13(16-8-15-10)20-18-12(17-19-20)9-6-4-3-5-7-9/h3-8H,2H2,1H3. The fourth-order valence-corrected chi connectivity index (χ4v) is 1.79. The van der Waals surface area contributed by atoms with Crippen molar-refractivity contribution in [3.8, 4) is 17.2 Å². The van der Waals surface area contributed by atoms with Crippen molar-refractivity contribution in [3.05, 3.63) is 48.2 Å². The molecular formula is C13H11FN6. The number of halogens is 1. The molecule has 0 saturated carbocycles. The molecule has 2 aromatic heterocycles. The van der Waals surface area contributed by atoms with Crippen LogP contribution in [0.1, 0.15) is 12.6 Å². The first-order valence-corrected chi connectivity index (χ1v) is 6.14. The third-order valence-electron chi connectivity index (χ3n) is 2.81. The Morgan fingerprint density at radius 2 is 1.95 bits per heavy atom. The molecular weight excluding hydrogens is 259 g/mol. The van der Waals surface area contributed by atoms with Gasteiger partial charge in [-0.05, 0) is 11.6 Å². The van der Waals surface area contributed by atoms with E-state index in [9.17, 15) is 4.39 Å². The molecule has 0 spiro atoms. The molecule has 2 heterocycles. The van der Waals surface area contributed by atoms with Crippen molar-refractivity contribution in [2.24, 2.45) is 0 Å². The second kappa shape index (κ2) is 5.12. The van der Waals surface area contributed by atoms with Gasteiger partial charge in [0.05, 0.1) is 5.69 Å². The summed E-state index contributed by atoms with van der Waals surface area (Å²) >= 11 is 0. The van der Waals surface area contributed by atoms with E-state index in [-0.39, 0.29) is 5.82 Å². The SMILES string of the molecule is CCc1ncnc(-n2nnc(-c3ccccc3)n2)c1F. The number of hydrogen-bond donors (Lipinski definition) is 0. The molecule has 0 N–H and O–H groups in total. The molecule has 0 atom stereocenters. The van der Waals surface area contributed by atoms with Crippen LogP contribution in [0.2, 0.25) is 0 Å². The van der Waals surface area contributed by atoms with Crippen molar-refractivity contribution in [1.82, 2.24) is 30.2 Å². The van der Waals surface area contributed by atoms with E-state index >= 15 is 0 Å². The zero-order chi connectivity index (χ0) is 13.9. The fraction of sp³-hybridized carbons (Fsp3) is 0.154. The van der Waals surface area contributed by atoms with Crippen molar-refractivity contribution in [3.63, 3.8) is 0 Å². The summed E-state index contributed by atoms with van der Waals surface area (Å²) in [6.45, 7) is 1.82. The smallest absolute Gasteiger partial charge is 0.215 e. The van der Waals surface area contributed by atoms with Gasteiger partial charge in [0.15, 0.2) is 5.82 Å². The maximum atomic E-state index is 14.1. The molecule has 3 rings (SSSR count). The molecule has 6 nitrogen and oxygen atoms in total. The highest BCUT2D eigenvalue weighted by atomic mass is 19.1. The number of aryl methyl sites for hydroxylation is 1. The maximum Gasteiger partial charge on any atom is 0.215 e. The van der Waals surface area contributed by atoms with Crippen molar-refractivity contribution in [2.45, 2.75) is 13.3 Å². The maximum absolute atomic E-state index is 14.1. The van der Waals surface area contributed by atoms with E-state index < -0.39 is 5.82 Å². The summed E-state index contributed by atoms with van der Waals surface area (Å²) in [4.78, 5) is 8.83. The minimum Gasteiger partial charge on any atom is -0.238 e. The van der Waals surface area contributed by atoms with Gasteiger partial charge in [0.25, 0.3) is 0 Å². The highest BCUT2D eigenvalue weighted by molar-refractivity contribution is 5.53. The molecule has 0 aliphatic heterocycles. The van der Waals surface area contributed by atoms with Crippen molar-refractivity contribution >= 4 is 0 Å². The van der Waals surface area contributed by atoms with Crippen LogP contribution in [0, 0.1) is 5.82 Å². The van der Waals surface area contributed by atoms with Crippen LogP contribution in [0.4, 0.5) is 4.39 Å². The van der Waals surface area contributed by atoms with Crippen LogP contribution in [-0.2, 0) is 6.42 Å². The molecule has 7 heteroatoms. The number of tetrazole rings is 1. The van der Waals surface area contributed by atoms with E-state index in [0.29, 0.717) is 17.9 Å². The Labute approximate surface area is 114 Å². The van der Waals surface area contributed by atoms with Crippen LogP contribution < -0.4 is 0 Å². The summed E-state index contributed by atoms with van der Waals surface area (Å²) in [6, 6.07) is 9.35. The summed E-state index contributed by atoms with van der Waals surface area (Å²) in [5, 5.41) is 11.9. The zero-order valence-electron chi connectivity index (χ0n) is 10.7. The van der Waals surface area contributed by atoms with Gasteiger partial charge in [-0.2, -0.15) is 0 Å². The van der Waals surface area contributed by atoms with Crippen LogP contribution in [0.15, 0.2) is 36.7 Å². The second-order valence-corrected chi connectivity index (χ2v) is 4.08. The lowest BCUT2D eigenvalue weighted by Gasteiger charge is -2.02. The van der Waals surface area contributed by atoms with Crippen LogP contribution in [-0.4, -0.2) is 30.2 Å². The molecule has 1 aromatic carbocycles. The Morgan fingerprint density at radius 3 is 2.70 bits per heavy atom. The lowest BCUT2D eigenvalue weighted by molar-refractivity contribution is 0.556. The lowest BCUT2D eigenvalue weighted by Crippen LogP contribution is -2.08. The van der Waals surface area contributed by atoms with Crippen molar-refractivity contribution in [2.75, 3.05) is 0 Å². The van der Waals surface area contributed by atoms with Crippen LogP contribution in [0.3, 0.4) is 0 Å². The number of hydrogen-bond acceptors (Lipinski definition) is 5. The highest BCUT2D eigenvalue weighted by Gasteiger charge is 2.15. The molecule has 20 heavy (non-hydrogen) atoms. The molecule has 0 saturated heterocycles. The van der Waals surface area contributed by atoms with Gasteiger partial charge in [-0.1, -0.05) is 37.3 Å². The summed E-state index contributed by atoms with van der Waals surface area (Å²) in [6.07, 6.45) is 1.77. The Bertz CT molecular complexity index is 725. The minimum absolute atomic E-state index is 0.00605. The Balaban J connectivity index is 2.03. The third kappa shape index (κ3) is 2.13. The topological polar surface area (TPSA) is 69.4 Å². The summed E-state index contributed by atoms with van der Waals surface area (Å²) in [5.74, 6) is -0.0970. The highest BCUT2D eigenvalue weighted by Crippen LogP contribution is 2.15. The predicted octanol–water partition coefficient (Wildman–Crippen LogP) is 1.82. The normalized spacial score (nSPS) is 10.7. The van der Waals surface area contributed by atoms with Gasteiger partial charge in [0, 0.05) is 5.56 Å². The van der Waals surface area contributed by atoms with Gasteiger partial charge < -0.3 is 0 Å². The number of aromatic nitrogens is 6. The Hall–Kier alpha value is -2.70. The van der Waals surface area contributed by atoms with Gasteiger partial charge in [-0.25, -0.2) is 14.4 Å². The number of nitrogens with zero attached hydrogens (tertiary/aromatic N) is 6. The van der Waals surface area contributed by atoms with Gasteiger partial charge in [0.1, 0.15) is 6.33 Å². The zero-order valence-corrected chi connectivity index (χ0v) is 10.7. The van der Waals surface area contributed by atoms with Gasteiger partial charge in [-0.3, -0.25) is 0 Å². The summed E-state index contributed by atoms with van der Waals surface area (Å²) < 4.78 is 14.1. The van der Waals surface area contributed by atoms with E-state index in [0.717, 1.165) is 10.4 Å². The largest absolute Gasteiger partial charge is 0.238 e. The fourth-order valence-electron chi connectivity index (χ4n) is 1.79. The van der Waals surface area contributed by atoms with Crippen LogP contribution >= 0.6 is 0 Å². The predicted molar refractivity (Wildman–Crippen MR) is 69.5 cm³/mol. The van der Waals surface area contributed by atoms with Crippen molar-refractivity contribution in [1.29, 1.82) is 0 Å². The van der Waals surface area contributed by atoms with E-state index in [1.807, 2.05) is 37.3 Å². The molecule has 0 bridgehead atoms. The Morgan fingerprint density at radius 1 is 1.15 bits per heavy atom. The molecule has 0 aliphatic rings. The average molecular weight is 270 g/mol. The molecule has 0 amide bonds. The van der Waals surface area contributed by atoms with Gasteiger partial charge >= 0.3 is 0 Å². The Kier molecular flexibility index (Phi) is 3.16. The number of rotatable bonds is 3. The van der Waals surface area contributed by atoms with E-state index in [4.69, 9.17) is 0 Å². The molecule has 100 valence electrons. The molecule has 3 aromatic rings. The minimum atomic E-state index is -0.521. The lowest BCUT2D eigenvalue weighted by atomic mass is 10.2. The molecule has 0 unspecified atom stereocenters. The van der Waals surface area contributed by atoms with Crippen LogP contribution in [0.25, 0.3) is 17.2 Å². The monoisotopic (exact) mass is 270 g/mol. The average Bonchev–Trinajstić information content (AvgIpc) is 2.98. The molecule has 0 radical (unpaired) electrons. The van der Waals surface area contributed by atoms with E-state index in [1.165, 1.54) is 6.33 Å². The van der Waals surface area contributed by atoms with Gasteiger partial charge in [-0.15, -0.1) is 15.0 Å². The van der Waals surface area contributed by atoms with Gasteiger partial charge in [0.2, 0.25) is 11.6 Å². The first kappa shape index (κ1) is 12.3. The molecule has 0 fully saturated rings. The number of benzene rings is 1. The van der Waals surface area contributed by atoms with E-state index in [1.54, 1.807) is 0 Å². The van der Waals surface area contributed by atoms with Crippen molar-refractivity contribution < 1.29 is 4.39 Å². The first-order valence-electron chi connectivity index (χ1n) is 6.14. The van der Waals surface area contributed by atoms with Crippen LogP contribution in [0.5, 0.6) is 0 Å². The quantitative estimate of drug-likeness (QED) is 0.726. The summed E-state index contributed by atoms with van der Waals surface area (Å²) in [5.41, 5.74) is 1.14. The third-order valence-corrected chi connectivity index (χ3v) is 2.81. The summed E-state index contributed by atoms with van der Waals surface area (Å²) in [7, 11) is 0. The first-order chi connectivity index (χ1) is 9.79.